The highest BCUT2D eigenvalue weighted by Gasteiger charge is 2.51. The lowest BCUT2D eigenvalue weighted by Crippen LogP contribution is -2.39. The van der Waals surface area contributed by atoms with Gasteiger partial charge in [-0.1, -0.05) is 39.8 Å². The minimum atomic E-state index is 0.289. The van der Waals surface area contributed by atoms with E-state index in [1.807, 2.05) is 0 Å². The summed E-state index contributed by atoms with van der Waals surface area (Å²) in [6, 6.07) is 0. The Hall–Kier alpha value is -0.590. The number of hydrogen-bond acceptors (Lipinski definition) is 1. The molecule has 0 radical (unpaired) electrons. The van der Waals surface area contributed by atoms with Crippen LogP contribution in [-0.2, 0) is 4.79 Å². The number of fused-ring (bicyclic) bond motifs is 1. The lowest BCUT2D eigenvalue weighted by Gasteiger charge is -2.41. The predicted molar refractivity (Wildman–Crippen MR) is 80.9 cm³/mol. The average molecular weight is 262 g/mol. The fourth-order valence-corrected chi connectivity index (χ4v) is 4.53. The molecule has 2 rings (SSSR count). The van der Waals surface area contributed by atoms with E-state index in [1.54, 1.807) is 0 Å². The van der Waals surface area contributed by atoms with Gasteiger partial charge in [0, 0.05) is 12.3 Å². The smallest absolute Gasteiger partial charge is 0.136 e. The highest BCUT2D eigenvalue weighted by Crippen LogP contribution is 2.56. The summed E-state index contributed by atoms with van der Waals surface area (Å²) in [5.74, 6) is 3.00. The third-order valence-electron chi connectivity index (χ3n) is 5.62. The lowest BCUT2D eigenvalue weighted by molar-refractivity contribution is -0.129. The van der Waals surface area contributed by atoms with Crippen LogP contribution in [0.3, 0.4) is 0 Å². The Morgan fingerprint density at radius 3 is 2.74 bits per heavy atom. The van der Waals surface area contributed by atoms with Crippen LogP contribution in [0, 0.1) is 29.1 Å². The van der Waals surface area contributed by atoms with Gasteiger partial charge in [0.1, 0.15) is 5.78 Å². The van der Waals surface area contributed by atoms with Crippen molar-refractivity contribution in [2.24, 2.45) is 29.1 Å². The van der Waals surface area contributed by atoms with Gasteiger partial charge in [-0.05, 0) is 55.3 Å². The highest BCUT2D eigenvalue weighted by molar-refractivity contribution is 5.83. The monoisotopic (exact) mass is 262 g/mol. The largest absolute Gasteiger partial charge is 0.299 e. The first-order valence-corrected chi connectivity index (χ1v) is 8.14. The fourth-order valence-electron chi connectivity index (χ4n) is 4.53. The Labute approximate surface area is 118 Å². The van der Waals surface area contributed by atoms with Crippen molar-refractivity contribution in [2.45, 2.75) is 66.2 Å². The van der Waals surface area contributed by atoms with Crippen LogP contribution in [0.1, 0.15) is 66.2 Å². The zero-order valence-corrected chi connectivity index (χ0v) is 13.1. The Kier molecular flexibility index (Phi) is 4.53. The van der Waals surface area contributed by atoms with E-state index in [0.717, 1.165) is 25.2 Å². The normalized spacial score (nSPS) is 37.0. The summed E-state index contributed by atoms with van der Waals surface area (Å²) in [5.41, 5.74) is 0.289. The maximum Gasteiger partial charge on any atom is 0.136 e. The number of carbonyl (C=O) groups is 1. The molecule has 1 heteroatoms. The summed E-state index contributed by atoms with van der Waals surface area (Å²) in [6.45, 7) is 9.27. The third kappa shape index (κ3) is 2.95. The summed E-state index contributed by atoms with van der Waals surface area (Å²) >= 11 is 0. The number of allylic oxidation sites excluding steroid dienone is 2. The van der Waals surface area contributed by atoms with Crippen molar-refractivity contribution >= 4 is 5.78 Å². The molecule has 0 aliphatic heterocycles. The van der Waals surface area contributed by atoms with E-state index < -0.39 is 0 Å². The standard InChI is InChI=1S/C18H30O/c1-13(2)7-5-8-14(3)15-10-11-16-17(19)9-6-12-18(15,16)4/h5,8,13-16H,6-7,9-12H2,1-4H3. The van der Waals surface area contributed by atoms with Gasteiger partial charge >= 0.3 is 0 Å². The molecule has 2 fully saturated rings. The number of rotatable bonds is 4. The van der Waals surface area contributed by atoms with Crippen LogP contribution < -0.4 is 0 Å². The molecule has 1 nitrogen and oxygen atoms in total. The van der Waals surface area contributed by atoms with Gasteiger partial charge < -0.3 is 0 Å². The van der Waals surface area contributed by atoms with Crippen molar-refractivity contribution < 1.29 is 4.79 Å². The van der Waals surface area contributed by atoms with E-state index in [2.05, 4.69) is 39.8 Å². The van der Waals surface area contributed by atoms with Crippen LogP contribution in [0.2, 0.25) is 0 Å². The van der Waals surface area contributed by atoms with Crippen molar-refractivity contribution in [2.75, 3.05) is 0 Å². The number of carbonyl (C=O) groups excluding carboxylic acids is 1. The molecule has 0 aromatic heterocycles. The summed E-state index contributed by atoms with van der Waals surface area (Å²) in [5, 5.41) is 0. The van der Waals surface area contributed by atoms with Gasteiger partial charge in [0.25, 0.3) is 0 Å². The van der Waals surface area contributed by atoms with Gasteiger partial charge in [-0.15, -0.1) is 0 Å². The molecule has 4 unspecified atom stereocenters. The Balaban J connectivity index is 2.04. The average Bonchev–Trinajstić information content (AvgIpc) is 2.67. The zero-order valence-electron chi connectivity index (χ0n) is 13.1. The van der Waals surface area contributed by atoms with E-state index in [1.165, 1.54) is 19.3 Å². The first-order valence-electron chi connectivity index (χ1n) is 8.14. The minimum absolute atomic E-state index is 0.289. The van der Waals surface area contributed by atoms with Crippen molar-refractivity contribution in [3.63, 3.8) is 0 Å². The van der Waals surface area contributed by atoms with E-state index >= 15 is 0 Å². The molecular formula is C18H30O. The molecule has 108 valence electrons. The Bertz CT molecular complexity index is 355. The second kappa shape index (κ2) is 5.81. The lowest BCUT2D eigenvalue weighted by atomic mass is 9.62. The van der Waals surface area contributed by atoms with Gasteiger partial charge in [-0.3, -0.25) is 4.79 Å². The molecule has 0 heterocycles. The van der Waals surface area contributed by atoms with Gasteiger partial charge in [0.05, 0.1) is 0 Å². The SMILES string of the molecule is CC(C)CC=CC(C)C1CCC2C(=O)CCCC21C. The van der Waals surface area contributed by atoms with Crippen molar-refractivity contribution in [3.05, 3.63) is 12.2 Å². The highest BCUT2D eigenvalue weighted by atomic mass is 16.1. The third-order valence-corrected chi connectivity index (χ3v) is 5.62. The molecule has 2 aliphatic rings. The molecule has 2 saturated carbocycles. The molecular weight excluding hydrogens is 232 g/mol. The molecule has 0 bridgehead atoms. The second-order valence-electron chi connectivity index (χ2n) is 7.48. The number of ketones is 1. The quantitative estimate of drug-likeness (QED) is 0.651. The first-order chi connectivity index (χ1) is 8.95. The first kappa shape index (κ1) is 14.8. The van der Waals surface area contributed by atoms with Crippen molar-refractivity contribution in [1.82, 2.24) is 0 Å². The number of hydrogen-bond donors (Lipinski definition) is 0. The molecule has 19 heavy (non-hydrogen) atoms. The van der Waals surface area contributed by atoms with E-state index in [-0.39, 0.29) is 5.41 Å². The molecule has 0 spiro atoms. The molecule has 2 aliphatic carbocycles. The predicted octanol–water partition coefficient (Wildman–Crippen LogP) is 5.01. The molecule has 0 amide bonds. The van der Waals surface area contributed by atoms with Crippen LogP contribution in [0.5, 0.6) is 0 Å². The molecule has 4 atom stereocenters. The van der Waals surface area contributed by atoms with Crippen LogP contribution >= 0.6 is 0 Å². The maximum atomic E-state index is 12.1. The van der Waals surface area contributed by atoms with Gasteiger partial charge in [-0.2, -0.15) is 0 Å². The van der Waals surface area contributed by atoms with Crippen molar-refractivity contribution in [1.29, 1.82) is 0 Å². The summed E-state index contributed by atoms with van der Waals surface area (Å²) in [7, 11) is 0. The zero-order chi connectivity index (χ0) is 14.0. The second-order valence-corrected chi connectivity index (χ2v) is 7.48. The van der Waals surface area contributed by atoms with Crippen LogP contribution in [0.4, 0.5) is 0 Å². The van der Waals surface area contributed by atoms with Gasteiger partial charge in [0.2, 0.25) is 0 Å². The summed E-state index contributed by atoms with van der Waals surface area (Å²) in [4.78, 5) is 12.1. The van der Waals surface area contributed by atoms with Gasteiger partial charge in [0.15, 0.2) is 0 Å². The van der Waals surface area contributed by atoms with Gasteiger partial charge in [-0.25, -0.2) is 0 Å². The van der Waals surface area contributed by atoms with Crippen molar-refractivity contribution in [3.8, 4) is 0 Å². The molecule has 0 aromatic carbocycles. The maximum absolute atomic E-state index is 12.1. The molecule has 0 N–H and O–H groups in total. The summed E-state index contributed by atoms with van der Waals surface area (Å²) in [6.07, 6.45) is 11.6. The topological polar surface area (TPSA) is 17.1 Å². The fraction of sp³-hybridized carbons (Fsp3) is 0.833. The number of Topliss-reactive ketones (excluding diaryl/α,β-unsaturated/α-hetero) is 1. The van der Waals surface area contributed by atoms with Crippen LogP contribution in [-0.4, -0.2) is 5.78 Å². The van der Waals surface area contributed by atoms with E-state index in [0.29, 0.717) is 23.5 Å². The van der Waals surface area contributed by atoms with Crippen LogP contribution in [0.15, 0.2) is 12.2 Å². The molecule has 0 aromatic rings. The van der Waals surface area contributed by atoms with E-state index in [9.17, 15) is 4.79 Å². The van der Waals surface area contributed by atoms with E-state index in [4.69, 9.17) is 0 Å². The Morgan fingerprint density at radius 2 is 2.05 bits per heavy atom. The molecule has 0 saturated heterocycles. The van der Waals surface area contributed by atoms with Crippen LogP contribution in [0.25, 0.3) is 0 Å². The summed E-state index contributed by atoms with van der Waals surface area (Å²) < 4.78 is 0. The Morgan fingerprint density at radius 1 is 1.32 bits per heavy atom. The minimum Gasteiger partial charge on any atom is -0.299 e.